The zero-order valence-corrected chi connectivity index (χ0v) is 18.7. The summed E-state index contributed by atoms with van der Waals surface area (Å²) in [6.45, 7) is -0.203. The van der Waals surface area contributed by atoms with Crippen molar-refractivity contribution in [1.82, 2.24) is 10.0 Å². The van der Waals surface area contributed by atoms with Crippen LogP contribution in [0.3, 0.4) is 0 Å². The van der Waals surface area contributed by atoms with Crippen LogP contribution in [-0.4, -0.2) is 57.5 Å². The summed E-state index contributed by atoms with van der Waals surface area (Å²) in [6.07, 6.45) is 0.405. The Labute approximate surface area is 191 Å². The van der Waals surface area contributed by atoms with E-state index in [2.05, 4.69) is 10.0 Å². The summed E-state index contributed by atoms with van der Waals surface area (Å²) < 4.78 is 37.7. The van der Waals surface area contributed by atoms with Crippen molar-refractivity contribution in [3.05, 3.63) is 54.1 Å². The summed E-state index contributed by atoms with van der Waals surface area (Å²) >= 11 is 0. The fraction of sp³-hybridized carbons (Fsp3) is 0.286. The molecule has 0 aliphatic heterocycles. The number of carboxylic acids is 1. The molecular weight excluding hydrogens is 452 g/mol. The van der Waals surface area contributed by atoms with E-state index in [1.807, 2.05) is 0 Å². The summed E-state index contributed by atoms with van der Waals surface area (Å²) in [5.74, 6) is -1.33. The van der Waals surface area contributed by atoms with E-state index >= 15 is 0 Å². The van der Waals surface area contributed by atoms with Crippen LogP contribution in [0.2, 0.25) is 0 Å². The number of carbonyl (C=O) groups is 2. The van der Waals surface area contributed by atoms with Gasteiger partial charge in [-0.25, -0.2) is 8.42 Å². The smallest absolute Gasteiger partial charge is 0.323 e. The molecule has 2 aromatic carbocycles. The van der Waals surface area contributed by atoms with Crippen LogP contribution in [0.1, 0.15) is 18.4 Å². The number of methoxy groups -OCH3 is 1. The van der Waals surface area contributed by atoms with Crippen molar-refractivity contribution in [3.63, 3.8) is 0 Å². The van der Waals surface area contributed by atoms with E-state index in [4.69, 9.17) is 20.6 Å². The molecule has 12 heteroatoms. The van der Waals surface area contributed by atoms with Crippen molar-refractivity contribution in [1.29, 1.82) is 5.41 Å². The number of para-hydroxylation sites is 1. The van der Waals surface area contributed by atoms with E-state index in [1.54, 1.807) is 30.3 Å². The summed E-state index contributed by atoms with van der Waals surface area (Å²) in [7, 11) is -2.90. The van der Waals surface area contributed by atoms with Crippen LogP contribution in [0.4, 0.5) is 0 Å². The minimum atomic E-state index is -4.20. The Morgan fingerprint density at radius 1 is 1.15 bits per heavy atom. The SMILES string of the molecule is COc1ccccc1S(=O)(=O)NC(CNC(=O)CCCOc1ccc(C(=N)N)cc1)C(=O)O. The Morgan fingerprint density at radius 2 is 1.82 bits per heavy atom. The Hall–Kier alpha value is -3.64. The molecule has 0 spiro atoms. The number of aliphatic carboxylic acids is 1. The van der Waals surface area contributed by atoms with Crippen LogP contribution in [0.15, 0.2) is 53.4 Å². The van der Waals surface area contributed by atoms with Gasteiger partial charge < -0.3 is 25.6 Å². The number of ether oxygens (including phenoxy) is 2. The molecule has 0 aromatic heterocycles. The molecule has 11 nitrogen and oxygen atoms in total. The number of rotatable bonds is 13. The first-order valence-corrected chi connectivity index (χ1v) is 11.3. The third-order valence-corrected chi connectivity index (χ3v) is 5.95. The molecule has 0 radical (unpaired) electrons. The molecule has 0 aliphatic rings. The second kappa shape index (κ2) is 11.8. The quantitative estimate of drug-likeness (QED) is 0.158. The van der Waals surface area contributed by atoms with Gasteiger partial charge in [0.15, 0.2) is 0 Å². The second-order valence-corrected chi connectivity index (χ2v) is 8.54. The minimum absolute atomic E-state index is 0.0527. The van der Waals surface area contributed by atoms with E-state index in [-0.39, 0.29) is 29.5 Å². The number of carboxylic acid groups (broad SMARTS) is 1. The lowest BCUT2D eigenvalue weighted by molar-refractivity contribution is -0.138. The van der Waals surface area contributed by atoms with E-state index in [0.29, 0.717) is 17.7 Å². The number of amides is 1. The summed E-state index contributed by atoms with van der Waals surface area (Å²) in [5, 5.41) is 19.1. The van der Waals surface area contributed by atoms with Gasteiger partial charge in [0.25, 0.3) is 0 Å². The number of hydrogen-bond donors (Lipinski definition) is 5. The van der Waals surface area contributed by atoms with Gasteiger partial charge in [-0.15, -0.1) is 0 Å². The lowest BCUT2D eigenvalue weighted by Gasteiger charge is -2.17. The molecule has 0 saturated heterocycles. The van der Waals surface area contributed by atoms with Gasteiger partial charge in [-0.05, 0) is 42.8 Å². The topological polar surface area (TPSA) is 181 Å². The fourth-order valence-electron chi connectivity index (χ4n) is 2.73. The molecule has 0 fully saturated rings. The predicted molar refractivity (Wildman–Crippen MR) is 120 cm³/mol. The number of nitrogens with two attached hydrogens (primary N) is 1. The normalized spacial score (nSPS) is 11.9. The largest absolute Gasteiger partial charge is 0.495 e. The molecule has 0 heterocycles. The molecule has 1 atom stereocenters. The van der Waals surface area contributed by atoms with Crippen LogP contribution >= 0.6 is 0 Å². The molecule has 2 rings (SSSR count). The van der Waals surface area contributed by atoms with Crippen LogP contribution in [0.5, 0.6) is 11.5 Å². The Morgan fingerprint density at radius 3 is 2.42 bits per heavy atom. The maximum Gasteiger partial charge on any atom is 0.323 e. The number of nitrogen functional groups attached to an aromatic ring is 1. The van der Waals surface area contributed by atoms with E-state index in [9.17, 15) is 23.1 Å². The zero-order valence-electron chi connectivity index (χ0n) is 17.9. The summed E-state index contributed by atoms with van der Waals surface area (Å²) in [5.41, 5.74) is 5.95. The van der Waals surface area contributed by atoms with Crippen molar-refractivity contribution in [3.8, 4) is 11.5 Å². The number of hydrogen-bond acceptors (Lipinski definition) is 7. The van der Waals surface area contributed by atoms with E-state index < -0.39 is 34.5 Å². The first-order valence-electron chi connectivity index (χ1n) is 9.86. The first-order chi connectivity index (χ1) is 15.6. The van der Waals surface area contributed by atoms with Crippen molar-refractivity contribution in [2.45, 2.75) is 23.8 Å². The van der Waals surface area contributed by atoms with Gasteiger partial charge in [-0.3, -0.25) is 15.0 Å². The predicted octanol–water partition coefficient (Wildman–Crippen LogP) is 0.686. The monoisotopic (exact) mass is 478 g/mol. The number of amidine groups is 1. The Balaban J connectivity index is 1.82. The number of benzene rings is 2. The maximum absolute atomic E-state index is 12.6. The first kappa shape index (κ1) is 25.6. The molecule has 2 aromatic rings. The third-order valence-electron chi connectivity index (χ3n) is 4.44. The zero-order chi connectivity index (χ0) is 24.4. The van der Waals surface area contributed by atoms with Crippen molar-refractivity contribution in [2.75, 3.05) is 20.3 Å². The van der Waals surface area contributed by atoms with Crippen LogP contribution < -0.4 is 25.2 Å². The highest BCUT2D eigenvalue weighted by atomic mass is 32.2. The van der Waals surface area contributed by atoms with Crippen molar-refractivity contribution < 1.29 is 32.6 Å². The fourth-order valence-corrected chi connectivity index (χ4v) is 4.09. The molecule has 6 N–H and O–H groups in total. The van der Waals surface area contributed by atoms with Gasteiger partial charge in [0.1, 0.15) is 28.3 Å². The molecule has 0 bridgehead atoms. The van der Waals surface area contributed by atoms with Crippen LogP contribution in [0.25, 0.3) is 0 Å². The molecule has 33 heavy (non-hydrogen) atoms. The Kier molecular flexibility index (Phi) is 9.18. The lowest BCUT2D eigenvalue weighted by Crippen LogP contribution is -2.48. The molecule has 0 saturated carbocycles. The molecular formula is C21H26N4O7S. The average molecular weight is 479 g/mol. The number of carbonyl (C=O) groups excluding carboxylic acids is 1. The van der Waals surface area contributed by atoms with Gasteiger partial charge in [0, 0.05) is 18.5 Å². The summed E-state index contributed by atoms with van der Waals surface area (Å²) in [6, 6.07) is 10.8. The molecule has 1 amide bonds. The second-order valence-electron chi connectivity index (χ2n) is 6.86. The van der Waals surface area contributed by atoms with E-state index in [0.717, 1.165) is 0 Å². The van der Waals surface area contributed by atoms with Crippen molar-refractivity contribution >= 4 is 27.7 Å². The highest BCUT2D eigenvalue weighted by molar-refractivity contribution is 7.89. The highest BCUT2D eigenvalue weighted by Gasteiger charge is 2.27. The molecule has 178 valence electrons. The lowest BCUT2D eigenvalue weighted by atomic mass is 10.2. The molecule has 0 aliphatic carbocycles. The van der Waals surface area contributed by atoms with E-state index in [1.165, 1.54) is 25.3 Å². The standard InChI is InChI=1S/C21H26N4O7S/c1-31-17-5-2-3-6-18(17)33(29,30)25-16(21(27)28)13-24-19(26)7-4-12-32-15-10-8-14(9-11-15)20(22)23/h2-3,5-6,8-11,16,25H,4,7,12-13H2,1H3,(H3,22,23)(H,24,26)(H,27,28). The Bertz CT molecular complexity index is 1090. The highest BCUT2D eigenvalue weighted by Crippen LogP contribution is 2.22. The van der Waals surface area contributed by atoms with Gasteiger partial charge in [0.2, 0.25) is 15.9 Å². The average Bonchev–Trinajstić information content (AvgIpc) is 2.79. The maximum atomic E-state index is 12.6. The minimum Gasteiger partial charge on any atom is -0.495 e. The van der Waals surface area contributed by atoms with Gasteiger partial charge in [0.05, 0.1) is 13.7 Å². The van der Waals surface area contributed by atoms with Gasteiger partial charge in [-0.2, -0.15) is 4.72 Å². The van der Waals surface area contributed by atoms with Crippen LogP contribution in [-0.2, 0) is 19.6 Å². The number of nitrogens with one attached hydrogen (secondary N) is 3. The van der Waals surface area contributed by atoms with Gasteiger partial charge >= 0.3 is 5.97 Å². The summed E-state index contributed by atoms with van der Waals surface area (Å²) in [4.78, 5) is 23.3. The van der Waals surface area contributed by atoms with Crippen LogP contribution in [0, 0.1) is 5.41 Å². The van der Waals surface area contributed by atoms with Crippen molar-refractivity contribution in [2.24, 2.45) is 5.73 Å². The number of sulfonamides is 1. The third kappa shape index (κ3) is 7.77. The molecule has 1 unspecified atom stereocenters. The van der Waals surface area contributed by atoms with Gasteiger partial charge in [-0.1, -0.05) is 12.1 Å².